The molecule has 1 aromatic carbocycles. The number of anilines is 3. The fraction of sp³-hybridized carbons (Fsp3) is 0.0714. The van der Waals surface area contributed by atoms with Gasteiger partial charge in [0, 0.05) is 23.0 Å². The van der Waals surface area contributed by atoms with Crippen molar-refractivity contribution < 1.29 is 4.42 Å². The fourth-order valence-electron chi connectivity index (χ4n) is 1.75. The highest BCUT2D eigenvalue weighted by molar-refractivity contribution is 5.65. The van der Waals surface area contributed by atoms with Crippen LogP contribution >= 0.6 is 0 Å². The predicted molar refractivity (Wildman–Crippen MR) is 76.4 cm³/mol. The van der Waals surface area contributed by atoms with E-state index in [-0.39, 0.29) is 0 Å². The normalized spacial score (nSPS) is 10.4. The van der Waals surface area contributed by atoms with E-state index >= 15 is 0 Å². The highest BCUT2D eigenvalue weighted by Gasteiger charge is 2.04. The summed E-state index contributed by atoms with van der Waals surface area (Å²) < 4.78 is 5.27. The molecular weight excluding hydrogens is 254 g/mol. The van der Waals surface area contributed by atoms with Crippen LogP contribution in [0.2, 0.25) is 0 Å². The summed E-state index contributed by atoms with van der Waals surface area (Å²) in [7, 11) is 0. The van der Waals surface area contributed by atoms with E-state index in [2.05, 4.69) is 20.3 Å². The summed E-state index contributed by atoms with van der Waals surface area (Å²) in [5, 5.41) is 3.11. The molecule has 2 aromatic heterocycles. The third kappa shape index (κ3) is 2.44. The van der Waals surface area contributed by atoms with Crippen molar-refractivity contribution in [3.63, 3.8) is 0 Å². The van der Waals surface area contributed by atoms with E-state index < -0.39 is 0 Å². The van der Waals surface area contributed by atoms with Crippen LogP contribution in [0.1, 0.15) is 5.56 Å². The molecule has 3 aromatic rings. The summed E-state index contributed by atoms with van der Waals surface area (Å²) in [6.45, 7) is 1.86. The summed E-state index contributed by atoms with van der Waals surface area (Å²) in [5.41, 5.74) is 8.39. The van der Waals surface area contributed by atoms with Crippen molar-refractivity contribution in [2.75, 3.05) is 11.1 Å². The molecule has 100 valence electrons. The van der Waals surface area contributed by atoms with Crippen LogP contribution in [0.4, 0.5) is 17.5 Å². The Morgan fingerprint density at radius 1 is 1.25 bits per heavy atom. The van der Waals surface area contributed by atoms with Gasteiger partial charge in [-0.25, -0.2) is 9.97 Å². The quantitative estimate of drug-likeness (QED) is 0.758. The van der Waals surface area contributed by atoms with Crippen molar-refractivity contribution >= 4 is 17.5 Å². The molecule has 6 nitrogen and oxygen atoms in total. The van der Waals surface area contributed by atoms with E-state index in [0.717, 1.165) is 16.8 Å². The van der Waals surface area contributed by atoms with Crippen molar-refractivity contribution in [1.82, 2.24) is 15.0 Å². The maximum absolute atomic E-state index is 5.77. The summed E-state index contributed by atoms with van der Waals surface area (Å²) in [6.07, 6.45) is 4.75. The van der Waals surface area contributed by atoms with E-state index in [9.17, 15) is 0 Å². The highest BCUT2D eigenvalue weighted by Crippen LogP contribution is 2.23. The third-order valence-corrected chi connectivity index (χ3v) is 2.85. The lowest BCUT2D eigenvalue weighted by molar-refractivity contribution is 0.572. The number of rotatable bonds is 3. The number of nitrogens with zero attached hydrogens (tertiary/aromatic N) is 3. The molecule has 0 fully saturated rings. The van der Waals surface area contributed by atoms with E-state index in [1.54, 1.807) is 12.4 Å². The second-order valence-corrected chi connectivity index (χ2v) is 4.33. The third-order valence-electron chi connectivity index (χ3n) is 2.85. The maximum atomic E-state index is 5.77. The molecule has 2 heterocycles. The molecule has 0 aliphatic carbocycles. The summed E-state index contributed by atoms with van der Waals surface area (Å²) in [4.78, 5) is 12.3. The van der Waals surface area contributed by atoms with Crippen LogP contribution < -0.4 is 11.1 Å². The van der Waals surface area contributed by atoms with E-state index in [0.29, 0.717) is 17.5 Å². The van der Waals surface area contributed by atoms with Crippen LogP contribution in [0, 0.1) is 6.92 Å². The zero-order chi connectivity index (χ0) is 13.9. The minimum atomic E-state index is 0.461. The van der Waals surface area contributed by atoms with Gasteiger partial charge in [0.1, 0.15) is 5.82 Å². The monoisotopic (exact) mass is 267 g/mol. The average Bonchev–Trinajstić information content (AvgIpc) is 2.97. The van der Waals surface area contributed by atoms with Crippen LogP contribution in [-0.4, -0.2) is 15.0 Å². The number of hydrogen-bond donors (Lipinski definition) is 2. The van der Waals surface area contributed by atoms with Crippen molar-refractivity contribution in [3.8, 4) is 11.3 Å². The molecule has 20 heavy (non-hydrogen) atoms. The Hall–Kier alpha value is -2.89. The Kier molecular flexibility index (Phi) is 3.04. The zero-order valence-electron chi connectivity index (χ0n) is 10.9. The van der Waals surface area contributed by atoms with E-state index in [1.165, 1.54) is 6.39 Å². The first-order chi connectivity index (χ1) is 9.72. The number of nitrogens with one attached hydrogen (secondary N) is 1. The number of aromatic nitrogens is 3. The molecule has 0 aliphatic rings. The maximum Gasteiger partial charge on any atom is 0.229 e. The van der Waals surface area contributed by atoms with Gasteiger partial charge in [-0.1, -0.05) is 12.1 Å². The molecule has 0 amide bonds. The van der Waals surface area contributed by atoms with Crippen molar-refractivity contribution in [3.05, 3.63) is 48.6 Å². The summed E-state index contributed by atoms with van der Waals surface area (Å²) in [5.74, 6) is 1.63. The van der Waals surface area contributed by atoms with Gasteiger partial charge in [-0.3, -0.25) is 0 Å². The van der Waals surface area contributed by atoms with Gasteiger partial charge in [0.25, 0.3) is 0 Å². The van der Waals surface area contributed by atoms with Gasteiger partial charge in [-0.05, 0) is 19.1 Å². The molecule has 0 radical (unpaired) electrons. The molecule has 0 saturated carbocycles. The van der Waals surface area contributed by atoms with Crippen LogP contribution in [0.25, 0.3) is 11.3 Å². The molecule has 0 spiro atoms. The minimum Gasteiger partial charge on any atom is -0.444 e. The number of nitrogen functional groups attached to an aromatic ring is 1. The standard InChI is InChI=1S/C14H13N5O/c1-9-6-17-14(19-13(9)15)18-11-4-2-3-10(5-11)12-7-16-8-20-12/h2-8H,1H3,(H3,15,17,18,19). The topological polar surface area (TPSA) is 89.9 Å². The van der Waals surface area contributed by atoms with Gasteiger partial charge in [0.15, 0.2) is 12.2 Å². The van der Waals surface area contributed by atoms with Crippen LogP contribution in [0.3, 0.4) is 0 Å². The lowest BCUT2D eigenvalue weighted by atomic mass is 10.1. The second kappa shape index (κ2) is 5.00. The molecule has 0 aliphatic heterocycles. The van der Waals surface area contributed by atoms with Crippen molar-refractivity contribution in [1.29, 1.82) is 0 Å². The van der Waals surface area contributed by atoms with Gasteiger partial charge in [-0.15, -0.1) is 0 Å². The van der Waals surface area contributed by atoms with Gasteiger partial charge in [0.2, 0.25) is 5.95 Å². The fourth-order valence-corrected chi connectivity index (χ4v) is 1.75. The summed E-state index contributed by atoms with van der Waals surface area (Å²) in [6, 6.07) is 7.70. The molecule has 3 rings (SSSR count). The Bertz CT molecular complexity index is 724. The number of nitrogens with two attached hydrogens (primary N) is 1. The molecule has 3 N–H and O–H groups in total. The smallest absolute Gasteiger partial charge is 0.229 e. The van der Waals surface area contributed by atoms with Gasteiger partial charge < -0.3 is 15.5 Å². The number of benzene rings is 1. The first-order valence-corrected chi connectivity index (χ1v) is 6.07. The number of oxazole rings is 1. The molecular formula is C14H13N5O. The Balaban J connectivity index is 1.87. The van der Waals surface area contributed by atoms with Gasteiger partial charge in [0.05, 0.1) is 6.20 Å². The summed E-state index contributed by atoms with van der Waals surface area (Å²) >= 11 is 0. The SMILES string of the molecule is Cc1cnc(Nc2cccc(-c3cnco3)c2)nc1N. The van der Waals surface area contributed by atoms with Crippen LogP contribution in [-0.2, 0) is 0 Å². The first-order valence-electron chi connectivity index (χ1n) is 6.07. The Labute approximate surface area is 115 Å². The highest BCUT2D eigenvalue weighted by atomic mass is 16.3. The van der Waals surface area contributed by atoms with Crippen molar-refractivity contribution in [2.45, 2.75) is 6.92 Å². The van der Waals surface area contributed by atoms with Crippen molar-refractivity contribution in [2.24, 2.45) is 0 Å². The molecule has 0 saturated heterocycles. The lowest BCUT2D eigenvalue weighted by Crippen LogP contribution is -2.01. The Morgan fingerprint density at radius 2 is 2.15 bits per heavy atom. The largest absolute Gasteiger partial charge is 0.444 e. The average molecular weight is 267 g/mol. The Morgan fingerprint density at radius 3 is 2.90 bits per heavy atom. The zero-order valence-corrected chi connectivity index (χ0v) is 10.9. The van der Waals surface area contributed by atoms with Crippen LogP contribution in [0.15, 0.2) is 47.5 Å². The minimum absolute atomic E-state index is 0.461. The van der Waals surface area contributed by atoms with Gasteiger partial charge in [-0.2, -0.15) is 4.98 Å². The molecule has 0 unspecified atom stereocenters. The van der Waals surface area contributed by atoms with E-state index in [4.69, 9.17) is 10.2 Å². The molecule has 6 heteroatoms. The van der Waals surface area contributed by atoms with Crippen LogP contribution in [0.5, 0.6) is 0 Å². The number of aryl methyl sites for hydroxylation is 1. The molecule has 0 bridgehead atoms. The second-order valence-electron chi connectivity index (χ2n) is 4.33. The predicted octanol–water partition coefficient (Wildman–Crippen LogP) is 2.77. The number of hydrogen-bond acceptors (Lipinski definition) is 6. The van der Waals surface area contributed by atoms with E-state index in [1.807, 2.05) is 31.2 Å². The molecule has 0 atom stereocenters. The van der Waals surface area contributed by atoms with Gasteiger partial charge >= 0.3 is 0 Å². The lowest BCUT2D eigenvalue weighted by Gasteiger charge is -2.07. The first kappa shape index (κ1) is 12.2.